The maximum absolute atomic E-state index is 12.7. The van der Waals surface area contributed by atoms with E-state index in [1.165, 1.54) is 44.0 Å². The van der Waals surface area contributed by atoms with Crippen LogP contribution >= 0.6 is 0 Å². The van der Waals surface area contributed by atoms with Crippen molar-refractivity contribution in [3.8, 4) is 17.2 Å². The largest absolute Gasteiger partial charge is 0.573 e. The zero-order valence-corrected chi connectivity index (χ0v) is 27.9. The second-order valence-corrected chi connectivity index (χ2v) is 9.13. The number of methoxy groups -OCH3 is 3. The van der Waals surface area contributed by atoms with Crippen LogP contribution in [0.4, 0.5) is 44.7 Å². The molecular weight excluding hydrogens is 751 g/mol. The standard InChI is InChI=1S/C8H10N2O4.C8H10N2O3.C6H3F3N2O3.C6H4F2N2O3/c1-13-4-5-14-8-6-9-3-2-7(8)10(11)12;1-13-5-3-7-6-9-4-2-8(7)10(11)12;7-6(8,9)14-5-3-10-2-1-4(5)11(12)13;1-13-5-4(10(11)12)3(7)2-9-6(5)8/h2-3,6H,4-5H2,1H3;2,4,6H,3,5H2,1H3;1-3H;2H,1H3. The lowest BCUT2D eigenvalue weighted by Gasteiger charge is -2.07. The summed E-state index contributed by atoms with van der Waals surface area (Å²) in [5.74, 6) is -4.01. The molecule has 4 aromatic heterocycles. The molecule has 4 rings (SSSR count). The van der Waals surface area contributed by atoms with Gasteiger partial charge in [-0.1, -0.05) is 0 Å². The van der Waals surface area contributed by atoms with E-state index in [0.29, 0.717) is 37.6 Å². The predicted molar refractivity (Wildman–Crippen MR) is 170 cm³/mol. The third kappa shape index (κ3) is 15.6. The molecule has 0 unspecified atom stereocenters. The molecule has 0 amide bonds. The third-order valence-electron chi connectivity index (χ3n) is 5.65. The Morgan fingerprint density at radius 1 is 0.667 bits per heavy atom. The number of aromatic nitrogens is 4. The van der Waals surface area contributed by atoms with E-state index in [9.17, 15) is 62.4 Å². The van der Waals surface area contributed by atoms with Crippen LogP contribution in [0.5, 0.6) is 17.2 Å². The van der Waals surface area contributed by atoms with Gasteiger partial charge in [-0.2, -0.15) is 8.78 Å². The monoisotopic (exact) mass is 778 g/mol. The van der Waals surface area contributed by atoms with Gasteiger partial charge in [-0.05, 0) is 0 Å². The lowest BCUT2D eigenvalue weighted by atomic mass is 10.2. The van der Waals surface area contributed by atoms with Crippen LogP contribution in [0.25, 0.3) is 0 Å². The Balaban J connectivity index is 0.000000360. The first-order chi connectivity index (χ1) is 25.5. The second kappa shape index (κ2) is 22.9. The van der Waals surface area contributed by atoms with Crippen LogP contribution in [-0.4, -0.2) is 87.1 Å². The average Bonchev–Trinajstić information content (AvgIpc) is 3.12. The van der Waals surface area contributed by atoms with Crippen molar-refractivity contribution in [2.75, 3.05) is 41.2 Å². The maximum Gasteiger partial charge on any atom is 0.573 e. The molecular formula is C28H27F5N8O13. The van der Waals surface area contributed by atoms with E-state index >= 15 is 0 Å². The van der Waals surface area contributed by atoms with Crippen LogP contribution in [0.15, 0.2) is 61.6 Å². The van der Waals surface area contributed by atoms with Gasteiger partial charge in [-0.15, -0.1) is 13.2 Å². The van der Waals surface area contributed by atoms with Gasteiger partial charge < -0.3 is 23.7 Å². The zero-order valence-electron chi connectivity index (χ0n) is 27.9. The number of pyridine rings is 4. The number of alkyl halides is 3. The van der Waals surface area contributed by atoms with Crippen molar-refractivity contribution in [2.45, 2.75) is 12.8 Å². The minimum Gasteiger partial charge on any atom is -0.487 e. The quantitative estimate of drug-likeness (QED) is 0.0543. The van der Waals surface area contributed by atoms with Gasteiger partial charge in [0.05, 0.1) is 64.2 Å². The second-order valence-electron chi connectivity index (χ2n) is 9.13. The van der Waals surface area contributed by atoms with E-state index < -0.39 is 60.7 Å². The molecule has 0 aliphatic heterocycles. The first-order valence-electron chi connectivity index (χ1n) is 14.1. The summed E-state index contributed by atoms with van der Waals surface area (Å²) in [4.78, 5) is 52.3. The molecule has 0 saturated carbocycles. The zero-order chi connectivity index (χ0) is 40.8. The molecule has 4 heterocycles. The van der Waals surface area contributed by atoms with Crippen molar-refractivity contribution in [2.24, 2.45) is 0 Å². The van der Waals surface area contributed by atoms with E-state index in [0.717, 1.165) is 19.4 Å². The molecule has 26 heteroatoms. The molecule has 0 aromatic carbocycles. The van der Waals surface area contributed by atoms with Gasteiger partial charge >= 0.3 is 23.4 Å². The number of hydrogen-bond donors (Lipinski definition) is 0. The third-order valence-corrected chi connectivity index (χ3v) is 5.65. The summed E-state index contributed by atoms with van der Waals surface area (Å²) in [7, 11) is 4.08. The molecule has 0 aliphatic carbocycles. The molecule has 0 saturated heterocycles. The number of nitro groups is 4. The van der Waals surface area contributed by atoms with Gasteiger partial charge in [-0.25, -0.2) is 4.98 Å². The molecule has 0 radical (unpaired) electrons. The first-order valence-corrected chi connectivity index (χ1v) is 14.1. The fourth-order valence-corrected chi connectivity index (χ4v) is 3.39. The Hall–Kier alpha value is -6.83. The van der Waals surface area contributed by atoms with Crippen LogP contribution in [0.3, 0.4) is 0 Å². The summed E-state index contributed by atoms with van der Waals surface area (Å²) in [5.41, 5.74) is -1.20. The Kier molecular flexibility index (Phi) is 19.1. The van der Waals surface area contributed by atoms with E-state index in [4.69, 9.17) is 14.2 Å². The highest BCUT2D eigenvalue weighted by molar-refractivity contribution is 5.46. The van der Waals surface area contributed by atoms with Crippen molar-refractivity contribution in [1.82, 2.24) is 19.9 Å². The SMILES string of the molecule is COCCOc1cnccc1[N+](=O)[O-].COCCc1cnccc1[N+](=O)[O-].COc1c(F)ncc(F)c1[N+](=O)[O-].O=[N+]([O-])c1ccncc1OC(F)(F)F. The van der Waals surface area contributed by atoms with Gasteiger partial charge in [0.25, 0.3) is 17.4 Å². The van der Waals surface area contributed by atoms with Gasteiger partial charge in [0.2, 0.25) is 17.3 Å². The molecule has 4 aromatic rings. The lowest BCUT2D eigenvalue weighted by molar-refractivity contribution is -0.388. The molecule has 21 nitrogen and oxygen atoms in total. The number of halogens is 5. The predicted octanol–water partition coefficient (Wildman–Crippen LogP) is 5.36. The molecule has 292 valence electrons. The summed E-state index contributed by atoms with van der Waals surface area (Å²) >= 11 is 0. The van der Waals surface area contributed by atoms with E-state index in [1.807, 2.05) is 0 Å². The smallest absolute Gasteiger partial charge is 0.487 e. The van der Waals surface area contributed by atoms with Gasteiger partial charge in [-0.3, -0.25) is 55.4 Å². The molecule has 54 heavy (non-hydrogen) atoms. The number of hydrogen-bond acceptors (Lipinski definition) is 17. The highest BCUT2D eigenvalue weighted by atomic mass is 19.4. The molecule has 0 bridgehead atoms. The van der Waals surface area contributed by atoms with Gasteiger partial charge in [0.15, 0.2) is 0 Å². The first kappa shape index (κ1) is 45.2. The fraction of sp³-hybridized carbons (Fsp3) is 0.286. The summed E-state index contributed by atoms with van der Waals surface area (Å²) in [6.07, 6.45) is 3.18. The average molecular weight is 779 g/mol. The summed E-state index contributed by atoms with van der Waals surface area (Å²) in [6, 6.07) is 3.51. The molecule has 0 N–H and O–H groups in total. The Morgan fingerprint density at radius 2 is 1.17 bits per heavy atom. The molecule has 0 atom stereocenters. The fourth-order valence-electron chi connectivity index (χ4n) is 3.39. The van der Waals surface area contributed by atoms with Crippen molar-refractivity contribution < 1.29 is 65.3 Å². The van der Waals surface area contributed by atoms with E-state index in [2.05, 4.69) is 29.4 Å². The molecule has 0 fully saturated rings. The Labute approximate surface area is 298 Å². The van der Waals surface area contributed by atoms with Gasteiger partial charge in [0, 0.05) is 63.6 Å². The summed E-state index contributed by atoms with van der Waals surface area (Å²) in [5, 5.41) is 41.5. The molecule has 0 spiro atoms. The van der Waals surface area contributed by atoms with Crippen LogP contribution in [0.2, 0.25) is 0 Å². The van der Waals surface area contributed by atoms with Crippen LogP contribution < -0.4 is 14.2 Å². The van der Waals surface area contributed by atoms with Crippen molar-refractivity contribution in [3.63, 3.8) is 0 Å². The highest BCUT2D eigenvalue weighted by Crippen LogP contribution is 2.31. The number of nitrogens with zero attached hydrogens (tertiary/aromatic N) is 8. The van der Waals surface area contributed by atoms with Crippen LogP contribution in [0.1, 0.15) is 5.56 Å². The van der Waals surface area contributed by atoms with Crippen molar-refractivity contribution in [1.29, 1.82) is 0 Å². The number of rotatable bonds is 13. The summed E-state index contributed by atoms with van der Waals surface area (Å²) < 4.78 is 82.9. The van der Waals surface area contributed by atoms with Gasteiger partial charge in [0.1, 0.15) is 6.61 Å². The topological polar surface area (TPSA) is 270 Å². The Morgan fingerprint density at radius 3 is 1.63 bits per heavy atom. The minimum absolute atomic E-state index is 0.0869. The van der Waals surface area contributed by atoms with E-state index in [-0.39, 0.29) is 23.7 Å². The minimum atomic E-state index is -4.96. The normalized spacial score (nSPS) is 10.1. The van der Waals surface area contributed by atoms with E-state index in [1.54, 1.807) is 7.11 Å². The van der Waals surface area contributed by atoms with Crippen LogP contribution in [0, 0.1) is 52.2 Å². The molecule has 0 aliphatic rings. The van der Waals surface area contributed by atoms with Crippen molar-refractivity contribution in [3.05, 3.63) is 119 Å². The highest BCUT2D eigenvalue weighted by Gasteiger charge is 2.34. The summed E-state index contributed by atoms with van der Waals surface area (Å²) in [6.45, 7) is 1.11. The Bertz CT molecular complexity index is 1860. The number of ether oxygens (including phenoxy) is 5. The maximum atomic E-state index is 12.7. The van der Waals surface area contributed by atoms with Crippen molar-refractivity contribution >= 4 is 22.7 Å². The van der Waals surface area contributed by atoms with Crippen LogP contribution in [-0.2, 0) is 15.9 Å². The lowest BCUT2D eigenvalue weighted by Crippen LogP contribution is -2.18.